The second kappa shape index (κ2) is 9.95. The summed E-state index contributed by atoms with van der Waals surface area (Å²) >= 11 is 0. The van der Waals surface area contributed by atoms with Crippen molar-refractivity contribution in [2.45, 2.75) is 45.1 Å². The van der Waals surface area contributed by atoms with Crippen LogP contribution in [0, 0.1) is 0 Å². The summed E-state index contributed by atoms with van der Waals surface area (Å²) in [6, 6.07) is 0. The van der Waals surface area contributed by atoms with Gasteiger partial charge in [-0.25, -0.2) is 9.59 Å². The average molecular weight is 308 g/mol. The van der Waals surface area contributed by atoms with Crippen LogP contribution in [0.2, 0.25) is 0 Å². The molecule has 5 nitrogen and oxygen atoms in total. The van der Waals surface area contributed by atoms with Crippen molar-refractivity contribution in [3.63, 3.8) is 0 Å². The molecule has 1 N–H and O–H groups in total. The third-order valence-electron chi connectivity index (χ3n) is 3.26. The van der Waals surface area contributed by atoms with Crippen LogP contribution in [0.3, 0.4) is 0 Å². The molecule has 22 heavy (non-hydrogen) atoms. The molecule has 0 amide bonds. The highest BCUT2D eigenvalue weighted by Gasteiger charge is 2.12. The first-order valence-electron chi connectivity index (χ1n) is 7.56. The van der Waals surface area contributed by atoms with Gasteiger partial charge in [0.1, 0.15) is 0 Å². The molecule has 0 saturated heterocycles. The molecular formula is C17H24O5. The van der Waals surface area contributed by atoms with Crippen molar-refractivity contribution in [3.05, 3.63) is 36.0 Å². The lowest BCUT2D eigenvalue weighted by Gasteiger charge is -2.15. The van der Waals surface area contributed by atoms with Gasteiger partial charge < -0.3 is 14.6 Å². The number of carbonyl (C=O) groups is 2. The number of hydrogen-bond acceptors (Lipinski definition) is 4. The molecule has 0 aliphatic heterocycles. The normalized spacial score (nSPS) is 17.0. The van der Waals surface area contributed by atoms with Crippen LogP contribution in [0.15, 0.2) is 36.0 Å². The quantitative estimate of drug-likeness (QED) is 0.381. The molecule has 0 aromatic rings. The summed E-state index contributed by atoms with van der Waals surface area (Å²) in [7, 11) is 0. The fourth-order valence-electron chi connectivity index (χ4n) is 1.96. The summed E-state index contributed by atoms with van der Waals surface area (Å²) in [5, 5.41) is 8.81. The molecule has 0 aromatic carbocycles. The molecule has 1 aliphatic carbocycles. The summed E-state index contributed by atoms with van der Waals surface area (Å²) in [5.41, 5.74) is 0.748. The fraction of sp³-hybridized carbons (Fsp3) is 0.529. The third kappa shape index (κ3) is 7.22. The molecule has 1 atom stereocenters. The first kappa shape index (κ1) is 18.2. The van der Waals surface area contributed by atoms with Gasteiger partial charge in [0.05, 0.1) is 18.3 Å². The first-order chi connectivity index (χ1) is 10.5. The van der Waals surface area contributed by atoms with Gasteiger partial charge in [-0.05, 0) is 38.7 Å². The number of carboxylic acid groups (broad SMARTS) is 1. The molecule has 5 heteroatoms. The summed E-state index contributed by atoms with van der Waals surface area (Å²) in [6.07, 6.45) is 9.42. The SMILES string of the molecule is C=C(C)C(=O)OCCCCCCOC1C=CC(C(=O)O)=CC1. The number of aliphatic carboxylic acids is 1. The van der Waals surface area contributed by atoms with Gasteiger partial charge in [0.15, 0.2) is 0 Å². The highest BCUT2D eigenvalue weighted by atomic mass is 16.5. The van der Waals surface area contributed by atoms with Crippen molar-refractivity contribution in [2.75, 3.05) is 13.2 Å². The highest BCUT2D eigenvalue weighted by Crippen LogP contribution is 2.14. The lowest BCUT2D eigenvalue weighted by Crippen LogP contribution is -2.14. The number of carboxylic acids is 1. The van der Waals surface area contributed by atoms with Gasteiger partial charge in [-0.15, -0.1) is 0 Å². The Morgan fingerprint density at radius 3 is 2.50 bits per heavy atom. The molecule has 1 aliphatic rings. The predicted octanol–water partition coefficient (Wildman–Crippen LogP) is 3.02. The summed E-state index contributed by atoms with van der Waals surface area (Å²) in [5.74, 6) is -1.23. The van der Waals surface area contributed by atoms with Gasteiger partial charge >= 0.3 is 11.9 Å². The third-order valence-corrected chi connectivity index (χ3v) is 3.26. The van der Waals surface area contributed by atoms with Crippen LogP contribution >= 0.6 is 0 Å². The Morgan fingerprint density at radius 2 is 1.95 bits per heavy atom. The summed E-state index contributed by atoms with van der Waals surface area (Å²) in [4.78, 5) is 21.9. The van der Waals surface area contributed by atoms with Crippen LogP contribution in [0.1, 0.15) is 39.0 Å². The van der Waals surface area contributed by atoms with Gasteiger partial charge in [0.2, 0.25) is 0 Å². The zero-order valence-corrected chi connectivity index (χ0v) is 13.0. The molecule has 0 spiro atoms. The summed E-state index contributed by atoms with van der Waals surface area (Å²) in [6.45, 7) is 6.23. The Kier molecular flexibility index (Phi) is 8.22. The zero-order chi connectivity index (χ0) is 16.4. The maximum Gasteiger partial charge on any atom is 0.335 e. The van der Waals surface area contributed by atoms with E-state index in [9.17, 15) is 9.59 Å². The van der Waals surface area contributed by atoms with E-state index in [2.05, 4.69) is 6.58 Å². The maximum absolute atomic E-state index is 11.1. The van der Waals surface area contributed by atoms with E-state index < -0.39 is 5.97 Å². The van der Waals surface area contributed by atoms with Gasteiger partial charge in [-0.2, -0.15) is 0 Å². The number of hydrogen-bond donors (Lipinski definition) is 1. The molecule has 1 rings (SSSR count). The van der Waals surface area contributed by atoms with Crippen molar-refractivity contribution >= 4 is 11.9 Å². The molecule has 0 aromatic heterocycles. The van der Waals surface area contributed by atoms with Crippen LogP contribution in [-0.2, 0) is 19.1 Å². The smallest absolute Gasteiger partial charge is 0.335 e. The second-order valence-electron chi connectivity index (χ2n) is 5.30. The summed E-state index contributed by atoms with van der Waals surface area (Å²) < 4.78 is 10.7. The fourth-order valence-corrected chi connectivity index (χ4v) is 1.96. The van der Waals surface area contributed by atoms with Crippen LogP contribution in [0.4, 0.5) is 0 Å². The number of carbonyl (C=O) groups excluding carboxylic acids is 1. The Hall–Kier alpha value is -1.88. The van der Waals surface area contributed by atoms with Gasteiger partial charge in [0, 0.05) is 12.2 Å². The van der Waals surface area contributed by atoms with Gasteiger partial charge in [0.25, 0.3) is 0 Å². The van der Waals surface area contributed by atoms with Crippen molar-refractivity contribution in [3.8, 4) is 0 Å². The van der Waals surface area contributed by atoms with Crippen molar-refractivity contribution < 1.29 is 24.2 Å². The van der Waals surface area contributed by atoms with E-state index in [4.69, 9.17) is 14.6 Å². The minimum absolute atomic E-state index is 0.0281. The monoisotopic (exact) mass is 308 g/mol. The zero-order valence-electron chi connectivity index (χ0n) is 13.0. The molecule has 0 radical (unpaired) electrons. The number of unbranched alkanes of at least 4 members (excludes halogenated alkanes) is 3. The minimum Gasteiger partial charge on any atom is -0.478 e. The minimum atomic E-state index is -0.901. The van der Waals surface area contributed by atoms with Gasteiger partial charge in [-0.3, -0.25) is 0 Å². The Bertz CT molecular complexity index is 462. The lowest BCUT2D eigenvalue weighted by molar-refractivity contribution is -0.139. The lowest BCUT2D eigenvalue weighted by atomic mass is 10.1. The van der Waals surface area contributed by atoms with Crippen molar-refractivity contribution in [1.29, 1.82) is 0 Å². The van der Waals surface area contributed by atoms with Crippen molar-refractivity contribution in [1.82, 2.24) is 0 Å². The van der Waals surface area contributed by atoms with E-state index in [1.54, 1.807) is 25.2 Å². The largest absolute Gasteiger partial charge is 0.478 e. The Labute approximate surface area is 131 Å². The molecule has 0 saturated carbocycles. The number of ether oxygens (including phenoxy) is 2. The molecule has 0 heterocycles. The van der Waals surface area contributed by atoms with E-state index in [0.29, 0.717) is 30.8 Å². The molecule has 0 bridgehead atoms. The topological polar surface area (TPSA) is 72.8 Å². The number of rotatable bonds is 10. The molecule has 0 fully saturated rings. The van der Waals surface area contributed by atoms with Gasteiger partial charge in [-0.1, -0.05) is 25.2 Å². The van der Waals surface area contributed by atoms with E-state index >= 15 is 0 Å². The highest BCUT2D eigenvalue weighted by molar-refractivity contribution is 5.90. The van der Waals surface area contributed by atoms with E-state index in [1.807, 2.05) is 0 Å². The number of esters is 1. The molecular weight excluding hydrogens is 284 g/mol. The van der Waals surface area contributed by atoms with E-state index in [0.717, 1.165) is 25.7 Å². The van der Waals surface area contributed by atoms with E-state index in [-0.39, 0.29) is 12.1 Å². The van der Waals surface area contributed by atoms with Crippen LogP contribution in [0.5, 0.6) is 0 Å². The predicted molar refractivity (Wildman–Crippen MR) is 83.5 cm³/mol. The van der Waals surface area contributed by atoms with Crippen LogP contribution < -0.4 is 0 Å². The van der Waals surface area contributed by atoms with E-state index in [1.165, 1.54) is 0 Å². The van der Waals surface area contributed by atoms with Crippen LogP contribution in [0.25, 0.3) is 0 Å². The average Bonchev–Trinajstić information content (AvgIpc) is 2.50. The standard InChI is InChI=1S/C17H24O5/c1-13(2)17(20)22-12-6-4-3-5-11-21-15-9-7-14(8-10-15)16(18)19/h7-9,15H,1,3-6,10-12H2,2H3,(H,18,19). The first-order valence-corrected chi connectivity index (χ1v) is 7.56. The van der Waals surface area contributed by atoms with Crippen molar-refractivity contribution in [2.24, 2.45) is 0 Å². The second-order valence-corrected chi connectivity index (χ2v) is 5.30. The molecule has 1 unspecified atom stereocenters. The molecule has 122 valence electrons. The maximum atomic E-state index is 11.1. The Balaban J connectivity index is 1.97. The van der Waals surface area contributed by atoms with Crippen LogP contribution in [-0.4, -0.2) is 36.4 Å². The Morgan fingerprint density at radius 1 is 1.27 bits per heavy atom.